The van der Waals surface area contributed by atoms with Crippen LogP contribution in [0.2, 0.25) is 5.02 Å². The van der Waals surface area contributed by atoms with E-state index in [1.54, 1.807) is 25.3 Å². The summed E-state index contributed by atoms with van der Waals surface area (Å²) in [5, 5.41) is 14.8. The van der Waals surface area contributed by atoms with Gasteiger partial charge < -0.3 is 0 Å². The highest BCUT2D eigenvalue weighted by Gasteiger charge is 2.16. The molecular weight excluding hydrogens is 374 g/mol. The summed E-state index contributed by atoms with van der Waals surface area (Å²) in [6, 6.07) is 11.9. The maximum atomic E-state index is 12.3. The van der Waals surface area contributed by atoms with E-state index in [0.717, 1.165) is 10.4 Å². The molecule has 26 heavy (non-hydrogen) atoms. The highest BCUT2D eigenvalue weighted by molar-refractivity contribution is 7.15. The van der Waals surface area contributed by atoms with Crippen molar-refractivity contribution in [2.75, 3.05) is 5.32 Å². The number of nitro benzene ring substituents is 1. The average molecular weight is 388 g/mol. The molecule has 8 heteroatoms. The number of anilines is 1. The molecule has 6 nitrogen and oxygen atoms in total. The van der Waals surface area contributed by atoms with Crippen molar-refractivity contribution < 1.29 is 9.72 Å². The molecule has 0 aliphatic heterocycles. The van der Waals surface area contributed by atoms with Gasteiger partial charge in [0.05, 0.1) is 4.92 Å². The van der Waals surface area contributed by atoms with E-state index in [4.69, 9.17) is 11.6 Å². The molecule has 0 fully saturated rings. The number of carbonyl (C=O) groups is 1. The molecule has 1 heterocycles. The molecule has 1 amide bonds. The van der Waals surface area contributed by atoms with Gasteiger partial charge in [0.25, 0.3) is 11.6 Å². The monoisotopic (exact) mass is 387 g/mol. The van der Waals surface area contributed by atoms with Crippen molar-refractivity contribution >= 4 is 39.7 Å². The van der Waals surface area contributed by atoms with Gasteiger partial charge >= 0.3 is 0 Å². The van der Waals surface area contributed by atoms with E-state index >= 15 is 0 Å². The zero-order valence-electron chi connectivity index (χ0n) is 13.7. The quantitative estimate of drug-likeness (QED) is 0.500. The zero-order chi connectivity index (χ0) is 18.7. The number of nitrogens with zero attached hydrogens (tertiary/aromatic N) is 2. The van der Waals surface area contributed by atoms with Crippen LogP contribution in [0.4, 0.5) is 10.8 Å². The number of nitro groups is 1. The van der Waals surface area contributed by atoms with E-state index in [2.05, 4.69) is 10.3 Å². The molecule has 3 rings (SSSR count). The highest BCUT2D eigenvalue weighted by atomic mass is 35.5. The van der Waals surface area contributed by atoms with Gasteiger partial charge in [-0.15, -0.1) is 11.3 Å². The van der Waals surface area contributed by atoms with Gasteiger partial charge in [0.2, 0.25) is 0 Å². The molecule has 2 aromatic carbocycles. The number of carbonyl (C=O) groups excluding carboxylic acids is 1. The Kier molecular flexibility index (Phi) is 5.29. The Balaban J connectivity index is 1.73. The van der Waals surface area contributed by atoms with E-state index in [1.165, 1.54) is 17.4 Å². The van der Waals surface area contributed by atoms with Crippen molar-refractivity contribution in [1.82, 2.24) is 4.98 Å². The van der Waals surface area contributed by atoms with Gasteiger partial charge in [-0.05, 0) is 24.6 Å². The molecular formula is C18H14ClN3O3S. The van der Waals surface area contributed by atoms with Crippen molar-refractivity contribution in [3.8, 4) is 0 Å². The molecule has 0 spiro atoms. The minimum Gasteiger partial charge on any atom is -0.298 e. The van der Waals surface area contributed by atoms with E-state index in [-0.39, 0.29) is 11.3 Å². The third kappa shape index (κ3) is 4.07. The molecule has 0 saturated heterocycles. The van der Waals surface area contributed by atoms with Gasteiger partial charge in [-0.2, -0.15) is 0 Å². The molecule has 3 aromatic rings. The van der Waals surface area contributed by atoms with Crippen molar-refractivity contribution in [3.63, 3.8) is 0 Å². The van der Waals surface area contributed by atoms with E-state index in [9.17, 15) is 14.9 Å². The van der Waals surface area contributed by atoms with E-state index in [1.807, 2.05) is 24.3 Å². The predicted molar refractivity (Wildman–Crippen MR) is 102 cm³/mol. The Hall–Kier alpha value is -2.77. The van der Waals surface area contributed by atoms with Crippen LogP contribution in [0.25, 0.3) is 0 Å². The first-order valence-electron chi connectivity index (χ1n) is 7.68. The van der Waals surface area contributed by atoms with Crippen LogP contribution >= 0.6 is 22.9 Å². The van der Waals surface area contributed by atoms with Crippen molar-refractivity contribution in [1.29, 1.82) is 0 Å². The fourth-order valence-electron chi connectivity index (χ4n) is 2.39. The lowest BCUT2D eigenvalue weighted by molar-refractivity contribution is -0.385. The molecule has 1 aromatic heterocycles. The largest absolute Gasteiger partial charge is 0.298 e. The molecule has 0 atom stereocenters. The van der Waals surface area contributed by atoms with Crippen LogP contribution in [-0.4, -0.2) is 15.8 Å². The van der Waals surface area contributed by atoms with Crippen molar-refractivity contribution in [3.05, 3.63) is 85.4 Å². The Bertz CT molecular complexity index is 987. The summed E-state index contributed by atoms with van der Waals surface area (Å²) in [6.45, 7) is 1.63. The summed E-state index contributed by atoms with van der Waals surface area (Å²) in [7, 11) is 0. The molecule has 0 aliphatic rings. The summed E-state index contributed by atoms with van der Waals surface area (Å²) in [5.41, 5.74) is 1.61. The average Bonchev–Trinajstić information content (AvgIpc) is 3.04. The number of amides is 1. The molecule has 0 aliphatic carbocycles. The summed E-state index contributed by atoms with van der Waals surface area (Å²) < 4.78 is 0. The normalized spacial score (nSPS) is 10.5. The second kappa shape index (κ2) is 7.63. The Morgan fingerprint density at radius 3 is 2.81 bits per heavy atom. The van der Waals surface area contributed by atoms with Gasteiger partial charge in [-0.3, -0.25) is 20.2 Å². The maximum absolute atomic E-state index is 12.3. The minimum absolute atomic E-state index is 0.0869. The maximum Gasteiger partial charge on any atom is 0.273 e. The van der Waals surface area contributed by atoms with E-state index in [0.29, 0.717) is 22.1 Å². The van der Waals surface area contributed by atoms with Crippen LogP contribution < -0.4 is 5.32 Å². The lowest BCUT2D eigenvalue weighted by Crippen LogP contribution is -2.12. The smallest absolute Gasteiger partial charge is 0.273 e. The fraction of sp³-hybridized carbons (Fsp3) is 0.111. The topological polar surface area (TPSA) is 85.1 Å². The first-order valence-corrected chi connectivity index (χ1v) is 8.88. The number of halogens is 1. The second-order valence-corrected chi connectivity index (χ2v) is 7.13. The minimum atomic E-state index is -0.503. The van der Waals surface area contributed by atoms with Gasteiger partial charge in [0.1, 0.15) is 0 Å². The number of thiazole rings is 1. The summed E-state index contributed by atoms with van der Waals surface area (Å²) in [5.74, 6) is -0.438. The fourth-order valence-corrected chi connectivity index (χ4v) is 3.43. The number of aryl methyl sites for hydroxylation is 1. The lowest BCUT2D eigenvalue weighted by atomic mass is 10.1. The Morgan fingerprint density at radius 1 is 1.31 bits per heavy atom. The van der Waals surface area contributed by atoms with Gasteiger partial charge in [0.15, 0.2) is 5.13 Å². The molecule has 0 radical (unpaired) electrons. The summed E-state index contributed by atoms with van der Waals surface area (Å²) in [6.07, 6.45) is 2.30. The van der Waals surface area contributed by atoms with Crippen molar-refractivity contribution in [2.24, 2.45) is 0 Å². The van der Waals surface area contributed by atoms with Crippen LogP contribution in [0, 0.1) is 17.0 Å². The Labute approximate surface area is 158 Å². The first-order chi connectivity index (χ1) is 12.4. The van der Waals surface area contributed by atoms with Crippen LogP contribution in [0.5, 0.6) is 0 Å². The number of nitrogens with one attached hydrogen (secondary N) is 1. The molecule has 0 unspecified atom stereocenters. The number of benzene rings is 2. The molecule has 132 valence electrons. The van der Waals surface area contributed by atoms with Crippen LogP contribution in [-0.2, 0) is 6.42 Å². The van der Waals surface area contributed by atoms with Gasteiger partial charge in [-0.25, -0.2) is 4.98 Å². The third-order valence-corrected chi connectivity index (χ3v) is 5.05. The highest BCUT2D eigenvalue weighted by Crippen LogP contribution is 2.25. The number of rotatable bonds is 5. The summed E-state index contributed by atoms with van der Waals surface area (Å²) >= 11 is 7.50. The zero-order valence-corrected chi connectivity index (χ0v) is 15.3. The van der Waals surface area contributed by atoms with Gasteiger partial charge in [-0.1, -0.05) is 35.9 Å². The van der Waals surface area contributed by atoms with Crippen LogP contribution in [0.3, 0.4) is 0 Å². The number of hydrogen-bond donors (Lipinski definition) is 1. The molecule has 0 bridgehead atoms. The standard InChI is InChI=1S/C18H14ClN3O3S/c1-11-6-7-13(9-16(11)22(24)25)17(23)21-18-20-10-14(26-18)8-12-4-2-3-5-15(12)19/h2-7,9-10H,8H2,1H3,(H,20,21,23). The molecule has 0 saturated carbocycles. The number of aromatic nitrogens is 1. The van der Waals surface area contributed by atoms with Crippen LogP contribution in [0.1, 0.15) is 26.4 Å². The van der Waals surface area contributed by atoms with Gasteiger partial charge in [0, 0.05) is 39.7 Å². The predicted octanol–water partition coefficient (Wildman–Crippen LogP) is 4.86. The summed E-state index contributed by atoms with van der Waals surface area (Å²) in [4.78, 5) is 28.0. The third-order valence-electron chi connectivity index (χ3n) is 3.76. The van der Waals surface area contributed by atoms with Crippen molar-refractivity contribution in [2.45, 2.75) is 13.3 Å². The molecule has 1 N–H and O–H groups in total. The Morgan fingerprint density at radius 2 is 2.08 bits per heavy atom. The SMILES string of the molecule is Cc1ccc(C(=O)Nc2ncc(Cc3ccccc3Cl)s2)cc1[N+](=O)[O-]. The number of hydrogen-bond acceptors (Lipinski definition) is 5. The first kappa shape index (κ1) is 18.0. The second-order valence-electron chi connectivity index (χ2n) is 5.61. The van der Waals surface area contributed by atoms with E-state index < -0.39 is 10.8 Å². The van der Waals surface area contributed by atoms with Crippen LogP contribution in [0.15, 0.2) is 48.7 Å². The lowest BCUT2D eigenvalue weighted by Gasteiger charge is -2.03.